The Balaban J connectivity index is 2.10. The number of morpholine rings is 1. The van der Waals surface area contributed by atoms with Crippen molar-refractivity contribution in [3.8, 4) is 0 Å². The number of nitrogens with zero attached hydrogens (tertiary/aromatic N) is 1. The molecule has 0 radical (unpaired) electrons. The van der Waals surface area contributed by atoms with Crippen molar-refractivity contribution in [3.05, 3.63) is 34.9 Å². The fourth-order valence-electron chi connectivity index (χ4n) is 2.46. The monoisotopic (exact) mass is 268 g/mol. The average molecular weight is 269 g/mol. The third-order valence-corrected chi connectivity index (χ3v) is 3.79. The van der Waals surface area contributed by atoms with E-state index in [0.717, 1.165) is 31.3 Å². The molecule has 2 atom stereocenters. The van der Waals surface area contributed by atoms with Crippen LogP contribution in [-0.2, 0) is 4.74 Å². The van der Waals surface area contributed by atoms with Gasteiger partial charge in [-0.1, -0.05) is 30.7 Å². The molecule has 0 saturated carbocycles. The van der Waals surface area contributed by atoms with E-state index < -0.39 is 0 Å². The standard InChI is InChI=1S/C14H21ClN2O/c1-3-17-8-9-18-13(10-17)14(16-2)11-4-6-12(15)7-5-11/h4-7,13-14,16H,3,8-10H2,1-2H3. The fraction of sp³-hybridized carbons (Fsp3) is 0.571. The van der Waals surface area contributed by atoms with Crippen molar-refractivity contribution < 1.29 is 4.74 Å². The van der Waals surface area contributed by atoms with Gasteiger partial charge >= 0.3 is 0 Å². The zero-order valence-electron chi connectivity index (χ0n) is 11.0. The first-order valence-corrected chi connectivity index (χ1v) is 6.89. The molecule has 0 amide bonds. The number of ether oxygens (including phenoxy) is 1. The van der Waals surface area contributed by atoms with Gasteiger partial charge in [0, 0.05) is 18.1 Å². The molecule has 1 saturated heterocycles. The van der Waals surface area contributed by atoms with Crippen molar-refractivity contribution in [1.82, 2.24) is 10.2 Å². The summed E-state index contributed by atoms with van der Waals surface area (Å²) in [5, 5.41) is 4.13. The van der Waals surface area contributed by atoms with E-state index >= 15 is 0 Å². The predicted octanol–water partition coefficient (Wildman–Crippen LogP) is 2.32. The van der Waals surface area contributed by atoms with Gasteiger partial charge in [0.25, 0.3) is 0 Å². The highest BCUT2D eigenvalue weighted by molar-refractivity contribution is 6.30. The number of hydrogen-bond acceptors (Lipinski definition) is 3. The highest BCUT2D eigenvalue weighted by atomic mass is 35.5. The van der Waals surface area contributed by atoms with Crippen LogP contribution in [0.3, 0.4) is 0 Å². The maximum absolute atomic E-state index is 5.93. The molecule has 1 heterocycles. The van der Waals surface area contributed by atoms with Crippen LogP contribution in [-0.4, -0.2) is 44.3 Å². The molecule has 1 N–H and O–H groups in total. The van der Waals surface area contributed by atoms with E-state index in [4.69, 9.17) is 16.3 Å². The molecule has 2 unspecified atom stereocenters. The Labute approximate surface area is 114 Å². The van der Waals surface area contributed by atoms with E-state index in [9.17, 15) is 0 Å². The van der Waals surface area contributed by atoms with E-state index in [1.165, 1.54) is 5.56 Å². The van der Waals surface area contributed by atoms with Crippen molar-refractivity contribution in [2.24, 2.45) is 0 Å². The van der Waals surface area contributed by atoms with Crippen molar-refractivity contribution in [2.45, 2.75) is 19.1 Å². The second-order valence-corrected chi connectivity index (χ2v) is 5.06. The molecule has 1 aromatic rings. The van der Waals surface area contributed by atoms with Crippen LogP contribution in [0, 0.1) is 0 Å². The zero-order valence-corrected chi connectivity index (χ0v) is 11.8. The van der Waals surface area contributed by atoms with Crippen LogP contribution in [0.15, 0.2) is 24.3 Å². The highest BCUT2D eigenvalue weighted by Crippen LogP contribution is 2.23. The zero-order chi connectivity index (χ0) is 13.0. The lowest BCUT2D eigenvalue weighted by molar-refractivity contribution is -0.0444. The van der Waals surface area contributed by atoms with Gasteiger partial charge in [-0.3, -0.25) is 4.90 Å². The van der Waals surface area contributed by atoms with Crippen LogP contribution in [0.25, 0.3) is 0 Å². The van der Waals surface area contributed by atoms with E-state index in [0.29, 0.717) is 0 Å². The van der Waals surface area contributed by atoms with Crippen LogP contribution < -0.4 is 5.32 Å². The molecule has 4 heteroatoms. The van der Waals surface area contributed by atoms with E-state index in [1.54, 1.807) is 0 Å². The molecule has 1 aliphatic heterocycles. The Bertz CT molecular complexity index is 369. The minimum absolute atomic E-state index is 0.199. The van der Waals surface area contributed by atoms with Gasteiger partial charge in [0.05, 0.1) is 18.8 Å². The first-order valence-electron chi connectivity index (χ1n) is 6.51. The summed E-state index contributed by atoms with van der Waals surface area (Å²) in [6, 6.07) is 8.22. The Kier molecular flexibility index (Phi) is 5.01. The molecule has 1 fully saturated rings. The number of benzene rings is 1. The quantitative estimate of drug-likeness (QED) is 0.907. The summed E-state index contributed by atoms with van der Waals surface area (Å²) >= 11 is 5.93. The third kappa shape index (κ3) is 3.23. The average Bonchev–Trinajstić information content (AvgIpc) is 2.42. The number of likely N-dealkylation sites (N-methyl/N-ethyl adjacent to an activating group) is 2. The minimum atomic E-state index is 0.199. The van der Waals surface area contributed by atoms with Gasteiger partial charge in [-0.2, -0.15) is 0 Å². The molecule has 1 aliphatic rings. The molecule has 3 nitrogen and oxygen atoms in total. The van der Waals surface area contributed by atoms with Gasteiger partial charge in [0.2, 0.25) is 0 Å². The molecule has 0 aliphatic carbocycles. The lowest BCUT2D eigenvalue weighted by Gasteiger charge is -2.36. The van der Waals surface area contributed by atoms with Gasteiger partial charge in [0.15, 0.2) is 0 Å². The maximum atomic E-state index is 5.93. The summed E-state index contributed by atoms with van der Waals surface area (Å²) < 4.78 is 5.91. The number of nitrogens with one attached hydrogen (secondary N) is 1. The van der Waals surface area contributed by atoms with E-state index in [-0.39, 0.29) is 12.1 Å². The summed E-state index contributed by atoms with van der Waals surface area (Å²) in [5.41, 5.74) is 1.23. The lowest BCUT2D eigenvalue weighted by atomic mass is 10.00. The van der Waals surface area contributed by atoms with Crippen molar-refractivity contribution in [1.29, 1.82) is 0 Å². The lowest BCUT2D eigenvalue weighted by Crippen LogP contribution is -2.47. The summed E-state index contributed by atoms with van der Waals surface area (Å²) in [6.07, 6.45) is 0.199. The Morgan fingerprint density at radius 2 is 2.17 bits per heavy atom. The van der Waals surface area contributed by atoms with Gasteiger partial charge in [-0.25, -0.2) is 0 Å². The smallest absolute Gasteiger partial charge is 0.0896 e. The third-order valence-electron chi connectivity index (χ3n) is 3.54. The van der Waals surface area contributed by atoms with Crippen LogP contribution in [0.2, 0.25) is 5.02 Å². The topological polar surface area (TPSA) is 24.5 Å². The van der Waals surface area contributed by atoms with Crippen molar-refractivity contribution in [2.75, 3.05) is 33.3 Å². The molecule has 0 aromatic heterocycles. The van der Waals surface area contributed by atoms with Gasteiger partial charge in [-0.15, -0.1) is 0 Å². The largest absolute Gasteiger partial charge is 0.374 e. The normalized spacial score (nSPS) is 22.9. The minimum Gasteiger partial charge on any atom is -0.374 e. The molecule has 100 valence electrons. The molecule has 0 spiro atoms. The number of halogens is 1. The van der Waals surface area contributed by atoms with Crippen LogP contribution in [0.5, 0.6) is 0 Å². The summed E-state index contributed by atoms with van der Waals surface area (Å²) in [6.45, 7) is 6.09. The van der Waals surface area contributed by atoms with Gasteiger partial charge in [0.1, 0.15) is 0 Å². The second-order valence-electron chi connectivity index (χ2n) is 4.62. The maximum Gasteiger partial charge on any atom is 0.0896 e. The van der Waals surface area contributed by atoms with E-state index in [1.807, 2.05) is 19.2 Å². The van der Waals surface area contributed by atoms with Crippen molar-refractivity contribution in [3.63, 3.8) is 0 Å². The first kappa shape index (κ1) is 13.8. The summed E-state index contributed by atoms with van der Waals surface area (Å²) in [7, 11) is 1.98. The molecular weight excluding hydrogens is 248 g/mol. The second kappa shape index (κ2) is 6.53. The van der Waals surface area contributed by atoms with Crippen LogP contribution in [0.4, 0.5) is 0 Å². The predicted molar refractivity (Wildman–Crippen MR) is 75.1 cm³/mol. The SMILES string of the molecule is CCN1CCOC(C(NC)c2ccc(Cl)cc2)C1. The molecule has 1 aromatic carbocycles. The van der Waals surface area contributed by atoms with Gasteiger partial charge in [-0.05, 0) is 31.3 Å². The van der Waals surface area contributed by atoms with Gasteiger partial charge < -0.3 is 10.1 Å². The molecule has 2 rings (SSSR count). The molecule has 0 bridgehead atoms. The molecule has 18 heavy (non-hydrogen) atoms. The molecular formula is C14H21ClN2O. The summed E-state index contributed by atoms with van der Waals surface area (Å²) in [4.78, 5) is 2.43. The first-order chi connectivity index (χ1) is 8.74. The Morgan fingerprint density at radius 3 is 2.78 bits per heavy atom. The number of rotatable bonds is 4. The van der Waals surface area contributed by atoms with Crippen molar-refractivity contribution >= 4 is 11.6 Å². The summed E-state index contributed by atoms with van der Waals surface area (Å²) in [5.74, 6) is 0. The van der Waals surface area contributed by atoms with E-state index in [2.05, 4.69) is 29.3 Å². The number of hydrogen-bond donors (Lipinski definition) is 1. The Morgan fingerprint density at radius 1 is 1.44 bits per heavy atom. The van der Waals surface area contributed by atoms with Crippen LogP contribution >= 0.6 is 11.6 Å². The highest BCUT2D eigenvalue weighted by Gasteiger charge is 2.27. The van der Waals surface area contributed by atoms with Crippen LogP contribution in [0.1, 0.15) is 18.5 Å². The fourth-order valence-corrected chi connectivity index (χ4v) is 2.58. The Hall–Kier alpha value is -0.610.